The maximum absolute atomic E-state index is 5.76. The van der Waals surface area contributed by atoms with Gasteiger partial charge in [-0.05, 0) is 66.2 Å². The zero-order chi connectivity index (χ0) is 24.3. The third kappa shape index (κ3) is 13.8. The van der Waals surface area contributed by atoms with Gasteiger partial charge >= 0.3 is 0 Å². The van der Waals surface area contributed by atoms with Crippen LogP contribution in [-0.4, -0.2) is 19.2 Å². The molecule has 191 valence electrons. The van der Waals surface area contributed by atoms with Crippen LogP contribution in [0.3, 0.4) is 0 Å². The largest absolute Gasteiger partial charge is 0.531 e. The van der Waals surface area contributed by atoms with E-state index in [1.54, 1.807) is 0 Å². The van der Waals surface area contributed by atoms with Gasteiger partial charge in [-0.15, -0.1) is 6.04 Å². The molecule has 2 aliphatic carbocycles. The molecule has 0 aliphatic heterocycles. The number of hydrogen-bond acceptors (Lipinski definition) is 2. The van der Waals surface area contributed by atoms with Gasteiger partial charge in [0.05, 0.1) is 0 Å². The minimum absolute atomic E-state index is 0. The average molecular weight is 529 g/mol. The van der Waals surface area contributed by atoms with Gasteiger partial charge in [0.2, 0.25) is 0 Å². The summed E-state index contributed by atoms with van der Waals surface area (Å²) < 4.78 is 0. The van der Waals surface area contributed by atoms with Crippen molar-refractivity contribution in [3.05, 3.63) is 5.48 Å². The van der Waals surface area contributed by atoms with E-state index in [1.807, 2.05) is 0 Å². The summed E-state index contributed by atoms with van der Waals surface area (Å²) in [5, 5.41) is 0. The second kappa shape index (κ2) is 15.9. The quantitative estimate of drug-likeness (QED) is 0.276. The van der Waals surface area contributed by atoms with E-state index in [9.17, 15) is 0 Å². The minimum atomic E-state index is 0. The van der Waals surface area contributed by atoms with Gasteiger partial charge in [0.25, 0.3) is 0 Å². The summed E-state index contributed by atoms with van der Waals surface area (Å²) in [6.07, 6.45) is 11.3. The number of rotatable bonds is 6. The molecule has 2 saturated carbocycles. The first-order valence-electron chi connectivity index (χ1n) is 13.2. The summed E-state index contributed by atoms with van der Waals surface area (Å²) in [5.74, 6) is 0.714. The molecule has 0 aromatic rings. The number of hydrogen-bond donors (Lipinski definition) is 1. The SMILES string of the molecule is CC1(C)CCCC(C)(CN)C1.CCC.CCCO[N-]C1CC(C)(C)CC(C)(C(C)C)C1.[Y]. The molecule has 3 atom stereocenters. The summed E-state index contributed by atoms with van der Waals surface area (Å²) in [5.41, 5.74) is 12.0. The predicted molar refractivity (Wildman–Crippen MR) is 139 cm³/mol. The van der Waals surface area contributed by atoms with E-state index < -0.39 is 0 Å². The molecule has 0 aromatic carbocycles. The van der Waals surface area contributed by atoms with Gasteiger partial charge in [-0.3, -0.25) is 0 Å². The van der Waals surface area contributed by atoms with Gasteiger partial charge in [-0.25, -0.2) is 0 Å². The van der Waals surface area contributed by atoms with Crippen molar-refractivity contribution in [3.8, 4) is 0 Å². The van der Waals surface area contributed by atoms with Crippen LogP contribution in [0.5, 0.6) is 0 Å². The van der Waals surface area contributed by atoms with Crippen LogP contribution in [-0.2, 0) is 37.5 Å². The molecule has 0 aromatic heterocycles. The Kier molecular flexibility index (Phi) is 17.4. The molecule has 2 rings (SSSR count). The fraction of sp³-hybridized carbons (Fsp3) is 1.00. The van der Waals surface area contributed by atoms with Crippen LogP contribution in [0.2, 0.25) is 0 Å². The fourth-order valence-corrected chi connectivity index (χ4v) is 5.75. The Labute approximate surface area is 228 Å². The van der Waals surface area contributed by atoms with Gasteiger partial charge in [0, 0.05) is 39.3 Å². The second-order valence-electron chi connectivity index (χ2n) is 13.1. The molecular formula is C28H59N2OY-. The summed E-state index contributed by atoms with van der Waals surface area (Å²) in [6.45, 7) is 26.9. The van der Waals surface area contributed by atoms with Crippen molar-refractivity contribution in [2.45, 2.75) is 140 Å². The van der Waals surface area contributed by atoms with Crippen LogP contribution in [0.4, 0.5) is 0 Å². The summed E-state index contributed by atoms with van der Waals surface area (Å²) in [7, 11) is 0. The second-order valence-corrected chi connectivity index (χ2v) is 13.1. The van der Waals surface area contributed by atoms with Crippen molar-refractivity contribution < 1.29 is 37.5 Å². The Morgan fingerprint density at radius 2 is 1.47 bits per heavy atom. The van der Waals surface area contributed by atoms with E-state index in [2.05, 4.69) is 81.6 Å². The zero-order valence-electron chi connectivity index (χ0n) is 23.9. The number of hydroxylamine groups is 1. The summed E-state index contributed by atoms with van der Waals surface area (Å²) in [4.78, 5) is 5.41. The van der Waals surface area contributed by atoms with Crippen LogP contribution in [0.1, 0.15) is 134 Å². The maximum Gasteiger partial charge on any atom is 0.0243 e. The fourth-order valence-electron chi connectivity index (χ4n) is 5.75. The van der Waals surface area contributed by atoms with E-state index >= 15 is 0 Å². The average Bonchev–Trinajstić information content (AvgIpc) is 2.60. The predicted octanol–water partition coefficient (Wildman–Crippen LogP) is 8.91. The molecule has 32 heavy (non-hydrogen) atoms. The zero-order valence-corrected chi connectivity index (χ0v) is 26.8. The standard InChI is InChI=1S/C15H30NO.C10H21N.C3H8.Y/c1-7-8-17-16-13-9-14(4,5)11-15(6,10-13)12(2)3;1-9(2)5-4-6-10(3,7-9)8-11;1-3-2;/h12-13H,7-11H2,1-6H3;4-8,11H2,1-3H3;3H2,1-2H3;/q-1;;;. The smallest absolute Gasteiger partial charge is 0.0243 e. The number of nitrogens with zero attached hydrogens (tertiary/aromatic N) is 1. The molecule has 0 bridgehead atoms. The maximum atomic E-state index is 5.76. The molecule has 4 heteroatoms. The molecule has 0 amide bonds. The summed E-state index contributed by atoms with van der Waals surface area (Å²) in [6, 6.07) is 0.387. The van der Waals surface area contributed by atoms with E-state index in [1.165, 1.54) is 51.4 Å². The molecular weight excluding hydrogens is 469 g/mol. The first kappa shape index (κ1) is 35.1. The molecule has 0 spiro atoms. The first-order valence-corrected chi connectivity index (χ1v) is 13.2. The van der Waals surface area contributed by atoms with Crippen molar-refractivity contribution >= 4 is 0 Å². The third-order valence-electron chi connectivity index (χ3n) is 7.32. The van der Waals surface area contributed by atoms with Crippen molar-refractivity contribution in [2.75, 3.05) is 13.2 Å². The minimum Gasteiger partial charge on any atom is -0.531 e. The first-order chi connectivity index (χ1) is 14.2. The third-order valence-corrected chi connectivity index (χ3v) is 7.32. The van der Waals surface area contributed by atoms with Crippen molar-refractivity contribution in [2.24, 2.45) is 33.3 Å². The summed E-state index contributed by atoms with van der Waals surface area (Å²) >= 11 is 0. The van der Waals surface area contributed by atoms with Gasteiger partial charge in [-0.2, -0.15) is 0 Å². The molecule has 3 unspecified atom stereocenters. The van der Waals surface area contributed by atoms with Gasteiger partial charge in [-0.1, -0.05) is 102 Å². The Morgan fingerprint density at radius 3 is 1.88 bits per heavy atom. The van der Waals surface area contributed by atoms with Crippen LogP contribution < -0.4 is 5.73 Å². The Balaban J connectivity index is 0. The van der Waals surface area contributed by atoms with E-state index in [0.29, 0.717) is 33.6 Å². The van der Waals surface area contributed by atoms with E-state index in [-0.39, 0.29) is 32.7 Å². The van der Waals surface area contributed by atoms with Crippen LogP contribution in [0.25, 0.3) is 5.48 Å². The molecule has 2 N–H and O–H groups in total. The van der Waals surface area contributed by atoms with Crippen molar-refractivity contribution in [1.82, 2.24) is 0 Å². The van der Waals surface area contributed by atoms with Crippen LogP contribution in [0.15, 0.2) is 0 Å². The van der Waals surface area contributed by atoms with E-state index in [4.69, 9.17) is 10.6 Å². The van der Waals surface area contributed by atoms with Crippen LogP contribution >= 0.6 is 0 Å². The van der Waals surface area contributed by atoms with Crippen LogP contribution in [0, 0.1) is 27.6 Å². The molecule has 2 aliphatic rings. The van der Waals surface area contributed by atoms with Gasteiger partial charge in [0.1, 0.15) is 0 Å². The Bertz CT molecular complexity index is 480. The Morgan fingerprint density at radius 1 is 0.906 bits per heavy atom. The molecule has 0 saturated heterocycles. The normalized spacial score (nSPS) is 30.8. The molecule has 2 fully saturated rings. The van der Waals surface area contributed by atoms with Crippen molar-refractivity contribution in [3.63, 3.8) is 0 Å². The topological polar surface area (TPSA) is 49.4 Å². The molecule has 0 heterocycles. The molecule has 3 nitrogen and oxygen atoms in total. The number of nitrogens with two attached hydrogens (primary N) is 1. The van der Waals surface area contributed by atoms with Gasteiger partial charge < -0.3 is 16.1 Å². The molecule has 1 radical (unpaired) electrons. The Hall–Kier alpha value is 0.984. The van der Waals surface area contributed by atoms with E-state index in [0.717, 1.165) is 19.6 Å². The monoisotopic (exact) mass is 528 g/mol. The van der Waals surface area contributed by atoms with Gasteiger partial charge in [0.15, 0.2) is 0 Å². The van der Waals surface area contributed by atoms with Crippen molar-refractivity contribution in [1.29, 1.82) is 0 Å².